The summed E-state index contributed by atoms with van der Waals surface area (Å²) < 4.78 is 4.07. The molecule has 1 atom stereocenters. The van der Waals surface area contributed by atoms with Gasteiger partial charge in [0.05, 0.1) is 12.2 Å². The zero-order chi connectivity index (χ0) is 21.8. The monoisotopic (exact) mass is 413 g/mol. The van der Waals surface area contributed by atoms with Gasteiger partial charge in [-0.25, -0.2) is 0 Å². The number of amides is 1. The van der Waals surface area contributed by atoms with Gasteiger partial charge in [0.25, 0.3) is 5.91 Å². The van der Waals surface area contributed by atoms with Crippen LogP contribution in [0, 0.1) is 20.8 Å². The number of likely N-dealkylation sites (tertiary alicyclic amines) is 1. The van der Waals surface area contributed by atoms with Gasteiger partial charge in [-0.2, -0.15) is 5.10 Å². The maximum Gasteiger partial charge on any atom is 0.257 e. The van der Waals surface area contributed by atoms with Crippen LogP contribution in [0.15, 0.2) is 16.9 Å². The van der Waals surface area contributed by atoms with E-state index in [4.69, 9.17) is 0 Å². The van der Waals surface area contributed by atoms with Gasteiger partial charge >= 0.3 is 0 Å². The fourth-order valence-corrected chi connectivity index (χ4v) is 4.69. The van der Waals surface area contributed by atoms with E-state index in [2.05, 4.69) is 26.8 Å². The topological polar surface area (TPSA) is 72.2 Å². The van der Waals surface area contributed by atoms with Crippen molar-refractivity contribution in [1.82, 2.24) is 24.6 Å². The lowest BCUT2D eigenvalue weighted by Crippen LogP contribution is -2.37. The Morgan fingerprint density at radius 3 is 2.60 bits per heavy atom. The van der Waals surface area contributed by atoms with Crippen LogP contribution in [0.25, 0.3) is 0 Å². The van der Waals surface area contributed by atoms with Crippen molar-refractivity contribution < 1.29 is 4.79 Å². The minimum Gasteiger partial charge on any atom is -0.350 e. The minimum atomic E-state index is -0.286. The highest BCUT2D eigenvalue weighted by atomic mass is 16.2. The second kappa shape index (κ2) is 9.60. The van der Waals surface area contributed by atoms with Gasteiger partial charge in [0.1, 0.15) is 5.56 Å². The molecule has 164 valence electrons. The number of likely N-dealkylation sites (N-methyl/N-ethyl adjacent to an activating group) is 1. The summed E-state index contributed by atoms with van der Waals surface area (Å²) in [6.07, 6.45) is 3.02. The number of aromatic nitrogens is 3. The number of aryl methyl sites for hydroxylation is 3. The number of rotatable bonds is 8. The lowest BCUT2D eigenvalue weighted by atomic mass is 10.1. The lowest BCUT2D eigenvalue weighted by Gasteiger charge is -2.27. The van der Waals surface area contributed by atoms with Gasteiger partial charge in [-0.05, 0) is 59.2 Å². The molecule has 0 spiro atoms. The van der Waals surface area contributed by atoms with E-state index in [9.17, 15) is 9.59 Å². The Labute approximate surface area is 179 Å². The molecule has 1 N–H and O–H groups in total. The quantitative estimate of drug-likeness (QED) is 0.722. The Bertz CT molecular complexity index is 959. The Morgan fingerprint density at radius 1 is 1.20 bits per heavy atom. The Morgan fingerprint density at radius 2 is 1.97 bits per heavy atom. The van der Waals surface area contributed by atoms with Gasteiger partial charge in [-0.3, -0.25) is 19.2 Å². The van der Waals surface area contributed by atoms with Crippen molar-refractivity contribution >= 4 is 5.91 Å². The normalized spacial score (nSPS) is 16.9. The van der Waals surface area contributed by atoms with Crippen molar-refractivity contribution in [2.75, 3.05) is 19.6 Å². The third-order valence-electron chi connectivity index (χ3n) is 6.20. The zero-order valence-electron chi connectivity index (χ0n) is 19.0. The van der Waals surface area contributed by atoms with Crippen LogP contribution in [-0.4, -0.2) is 50.8 Å². The van der Waals surface area contributed by atoms with E-state index in [1.54, 1.807) is 6.07 Å². The molecule has 0 aromatic carbocycles. The van der Waals surface area contributed by atoms with Gasteiger partial charge < -0.3 is 9.88 Å². The predicted octanol–water partition coefficient (Wildman–Crippen LogP) is 2.45. The summed E-state index contributed by atoms with van der Waals surface area (Å²) in [6, 6.07) is 4.09. The predicted molar refractivity (Wildman–Crippen MR) is 119 cm³/mol. The van der Waals surface area contributed by atoms with E-state index in [0.717, 1.165) is 48.8 Å². The van der Waals surface area contributed by atoms with Crippen LogP contribution in [0.3, 0.4) is 0 Å². The van der Waals surface area contributed by atoms with E-state index in [1.165, 1.54) is 6.42 Å². The van der Waals surface area contributed by atoms with E-state index in [1.807, 2.05) is 38.4 Å². The summed E-state index contributed by atoms with van der Waals surface area (Å²) in [4.78, 5) is 28.2. The summed E-state index contributed by atoms with van der Waals surface area (Å²) in [6.45, 7) is 14.1. The van der Waals surface area contributed by atoms with Crippen molar-refractivity contribution in [1.29, 1.82) is 0 Å². The molecular formula is C23H35N5O2. The molecule has 2 aromatic rings. The molecule has 1 aliphatic rings. The van der Waals surface area contributed by atoms with Gasteiger partial charge in [0.2, 0.25) is 0 Å². The second-order valence-corrected chi connectivity index (χ2v) is 8.27. The highest BCUT2D eigenvalue weighted by Crippen LogP contribution is 2.21. The van der Waals surface area contributed by atoms with Crippen molar-refractivity contribution in [2.24, 2.45) is 0 Å². The second-order valence-electron chi connectivity index (χ2n) is 8.27. The molecule has 1 unspecified atom stereocenters. The molecule has 1 amide bonds. The largest absolute Gasteiger partial charge is 0.350 e. The van der Waals surface area contributed by atoms with Crippen molar-refractivity contribution in [3.05, 3.63) is 50.7 Å². The number of carbonyl (C=O) groups excluding carboxylic acids is 1. The first-order valence-corrected chi connectivity index (χ1v) is 11.1. The number of nitrogens with one attached hydrogen (secondary N) is 1. The van der Waals surface area contributed by atoms with E-state index in [-0.39, 0.29) is 16.9 Å². The minimum absolute atomic E-state index is 0.192. The van der Waals surface area contributed by atoms with Gasteiger partial charge in [-0.1, -0.05) is 13.8 Å². The molecule has 0 bridgehead atoms. The van der Waals surface area contributed by atoms with Gasteiger partial charge in [0, 0.05) is 42.3 Å². The van der Waals surface area contributed by atoms with Crippen LogP contribution >= 0.6 is 0 Å². The molecular weight excluding hydrogens is 378 g/mol. The number of hydrogen-bond acceptors (Lipinski definition) is 4. The highest BCUT2D eigenvalue weighted by molar-refractivity contribution is 5.95. The number of nitrogens with zero attached hydrogens (tertiary/aromatic N) is 4. The number of pyridine rings is 1. The summed E-state index contributed by atoms with van der Waals surface area (Å²) in [5.74, 6) is -0.286. The smallest absolute Gasteiger partial charge is 0.257 e. The summed E-state index contributed by atoms with van der Waals surface area (Å²) in [7, 11) is 0. The van der Waals surface area contributed by atoms with Crippen molar-refractivity contribution in [3.8, 4) is 0 Å². The van der Waals surface area contributed by atoms with E-state index < -0.39 is 0 Å². The first kappa shape index (κ1) is 22.3. The molecule has 0 saturated carbocycles. The molecule has 0 radical (unpaired) electrons. The van der Waals surface area contributed by atoms with Crippen molar-refractivity contribution in [3.63, 3.8) is 0 Å². The number of hydrogen-bond donors (Lipinski definition) is 1. The van der Waals surface area contributed by atoms with Crippen LogP contribution in [0.1, 0.15) is 59.8 Å². The number of carbonyl (C=O) groups is 1. The fourth-order valence-electron chi connectivity index (χ4n) is 4.69. The molecule has 0 aliphatic carbocycles. The summed E-state index contributed by atoms with van der Waals surface area (Å²) in [5, 5.41) is 7.36. The first-order chi connectivity index (χ1) is 14.3. The van der Waals surface area contributed by atoms with Gasteiger partial charge in [0.15, 0.2) is 5.43 Å². The zero-order valence-corrected chi connectivity index (χ0v) is 19.0. The maximum atomic E-state index is 13.0. The maximum absolute atomic E-state index is 13.0. The van der Waals surface area contributed by atoms with E-state index >= 15 is 0 Å². The Balaban J connectivity index is 1.80. The van der Waals surface area contributed by atoms with E-state index in [0.29, 0.717) is 25.6 Å². The molecule has 1 saturated heterocycles. The van der Waals surface area contributed by atoms with Crippen LogP contribution in [-0.2, 0) is 19.5 Å². The highest BCUT2D eigenvalue weighted by Gasteiger charge is 2.26. The SMILES string of the molecule is CCc1c(C(=O)NCCn2nc(C)cc2C)c(=O)cc(C)n1CC1CCCN1CC. The van der Waals surface area contributed by atoms with Crippen LogP contribution in [0.2, 0.25) is 0 Å². The molecule has 2 aromatic heterocycles. The van der Waals surface area contributed by atoms with Crippen LogP contribution < -0.4 is 10.7 Å². The Hall–Kier alpha value is -2.41. The summed E-state index contributed by atoms with van der Waals surface area (Å²) in [5.41, 5.74) is 3.89. The third kappa shape index (κ3) is 4.67. The first-order valence-electron chi connectivity index (χ1n) is 11.1. The van der Waals surface area contributed by atoms with Gasteiger partial charge in [-0.15, -0.1) is 0 Å². The van der Waals surface area contributed by atoms with Crippen molar-refractivity contribution in [2.45, 2.75) is 73.0 Å². The third-order valence-corrected chi connectivity index (χ3v) is 6.20. The molecule has 7 nitrogen and oxygen atoms in total. The molecule has 1 fully saturated rings. The lowest BCUT2D eigenvalue weighted by molar-refractivity contribution is 0.0948. The molecule has 3 rings (SSSR count). The standard InChI is InChI=1S/C23H35N5O2/c1-6-20-22(23(30)24-10-12-28-18(5)13-16(3)25-28)21(29)14-17(4)27(20)15-19-9-8-11-26(19)7-2/h13-14,19H,6-12,15H2,1-5H3,(H,24,30). The Kier molecular flexibility index (Phi) is 7.13. The summed E-state index contributed by atoms with van der Waals surface area (Å²) >= 11 is 0. The average Bonchev–Trinajstić information content (AvgIpc) is 3.28. The molecule has 1 aliphatic heterocycles. The van der Waals surface area contributed by atoms with Crippen LogP contribution in [0.5, 0.6) is 0 Å². The molecule has 7 heteroatoms. The average molecular weight is 414 g/mol. The fraction of sp³-hybridized carbons (Fsp3) is 0.609. The molecule has 30 heavy (non-hydrogen) atoms. The van der Waals surface area contributed by atoms with Crippen LogP contribution in [0.4, 0.5) is 0 Å². The molecule has 3 heterocycles.